The maximum Gasteiger partial charge on any atom is 0.394 e. The number of hydrogen-bond donors (Lipinski definition) is 0. The van der Waals surface area contributed by atoms with Crippen molar-refractivity contribution in [2.75, 3.05) is 7.11 Å². The summed E-state index contributed by atoms with van der Waals surface area (Å²) < 4.78 is 44.9. The van der Waals surface area contributed by atoms with Crippen molar-refractivity contribution in [3.05, 3.63) is 26.1 Å². The van der Waals surface area contributed by atoms with Gasteiger partial charge in [0, 0.05) is 0 Å². The van der Waals surface area contributed by atoms with E-state index in [-0.39, 0.29) is 5.69 Å². The summed E-state index contributed by atoms with van der Waals surface area (Å²) in [5.41, 5.74) is 0.551. The highest BCUT2D eigenvalue weighted by atomic mass is 127. The molecule has 2 heterocycles. The summed E-state index contributed by atoms with van der Waals surface area (Å²) in [6, 6.07) is 3.27. The van der Waals surface area contributed by atoms with E-state index in [1.807, 2.05) is 0 Å². The van der Waals surface area contributed by atoms with Crippen LogP contribution in [0.1, 0.15) is 5.69 Å². The molecule has 0 unspecified atom stereocenters. The molecule has 0 aliphatic rings. The van der Waals surface area contributed by atoms with Crippen LogP contribution >= 0.6 is 38.5 Å². The standard InChI is InChI=1S/C10H7BrF3IN2O/c1-18-6-2-3-7-16-9(15)5(4-10(12,13)14)17(7)8(6)11/h2-3H,4H2,1H3. The van der Waals surface area contributed by atoms with Gasteiger partial charge in [0.2, 0.25) is 0 Å². The number of ether oxygens (including phenoxy) is 1. The van der Waals surface area contributed by atoms with Crippen LogP contribution in [0.4, 0.5) is 13.2 Å². The Morgan fingerprint density at radius 2 is 2.11 bits per heavy atom. The van der Waals surface area contributed by atoms with Crippen LogP contribution in [0.3, 0.4) is 0 Å². The topological polar surface area (TPSA) is 26.5 Å². The van der Waals surface area contributed by atoms with Crippen molar-refractivity contribution in [1.29, 1.82) is 0 Å². The highest BCUT2D eigenvalue weighted by Gasteiger charge is 2.31. The number of nitrogens with zero attached hydrogens (tertiary/aromatic N) is 2. The average Bonchev–Trinajstić information content (AvgIpc) is 2.55. The number of aromatic nitrogens is 2. The van der Waals surface area contributed by atoms with Crippen LogP contribution in [0.2, 0.25) is 0 Å². The van der Waals surface area contributed by atoms with Crippen molar-refractivity contribution in [3.63, 3.8) is 0 Å². The van der Waals surface area contributed by atoms with E-state index in [0.717, 1.165) is 0 Å². The maximum atomic E-state index is 12.5. The van der Waals surface area contributed by atoms with Crippen LogP contribution < -0.4 is 4.74 Å². The van der Waals surface area contributed by atoms with Gasteiger partial charge in [0.1, 0.15) is 19.7 Å². The molecule has 2 aromatic heterocycles. The molecule has 8 heteroatoms. The molecule has 0 radical (unpaired) electrons. The highest BCUT2D eigenvalue weighted by molar-refractivity contribution is 14.1. The van der Waals surface area contributed by atoms with Crippen LogP contribution in [0, 0.1) is 3.70 Å². The Bertz CT molecular complexity index is 597. The Hall–Kier alpha value is -0.510. The van der Waals surface area contributed by atoms with E-state index < -0.39 is 12.6 Å². The van der Waals surface area contributed by atoms with E-state index in [2.05, 4.69) is 20.9 Å². The lowest BCUT2D eigenvalue weighted by atomic mass is 10.3. The molecule has 0 saturated carbocycles. The summed E-state index contributed by atoms with van der Waals surface area (Å²) in [4.78, 5) is 4.10. The Morgan fingerprint density at radius 1 is 1.44 bits per heavy atom. The molecule has 0 spiro atoms. The molecule has 0 fully saturated rings. The summed E-state index contributed by atoms with van der Waals surface area (Å²) in [6.45, 7) is 0. The molecule has 0 saturated heterocycles. The second kappa shape index (κ2) is 4.87. The van der Waals surface area contributed by atoms with Crippen LogP contribution in [-0.2, 0) is 6.42 Å². The number of pyridine rings is 1. The minimum absolute atomic E-state index is 0.101. The van der Waals surface area contributed by atoms with Crippen LogP contribution in [0.15, 0.2) is 16.7 Å². The third kappa shape index (κ3) is 2.58. The summed E-state index contributed by atoms with van der Waals surface area (Å²) in [6.07, 6.45) is -5.31. The molecule has 0 bridgehead atoms. The first kappa shape index (κ1) is 13.9. The monoisotopic (exact) mass is 434 g/mol. The van der Waals surface area contributed by atoms with Gasteiger partial charge in [-0.25, -0.2) is 4.98 Å². The number of methoxy groups -OCH3 is 1. The number of imidazole rings is 1. The van der Waals surface area contributed by atoms with Crippen LogP contribution in [-0.4, -0.2) is 22.7 Å². The lowest BCUT2D eigenvalue weighted by Crippen LogP contribution is -2.14. The van der Waals surface area contributed by atoms with E-state index in [1.54, 1.807) is 34.7 Å². The molecule has 0 atom stereocenters. The van der Waals surface area contributed by atoms with Crippen molar-refractivity contribution < 1.29 is 17.9 Å². The zero-order valence-electron chi connectivity index (χ0n) is 9.05. The number of hydrogen-bond acceptors (Lipinski definition) is 2. The Balaban J connectivity index is 2.68. The third-order valence-electron chi connectivity index (χ3n) is 2.32. The maximum absolute atomic E-state index is 12.5. The second-order valence-electron chi connectivity index (χ2n) is 3.53. The molecule has 2 aromatic rings. The molecule has 3 nitrogen and oxygen atoms in total. The van der Waals surface area contributed by atoms with Crippen molar-refractivity contribution in [2.45, 2.75) is 12.6 Å². The summed E-state index contributed by atoms with van der Waals surface area (Å²) in [7, 11) is 1.46. The van der Waals surface area contributed by atoms with Gasteiger partial charge in [0.25, 0.3) is 0 Å². The first-order valence-corrected chi connectivity index (χ1v) is 6.66. The Labute approximate surface area is 123 Å². The molecule has 0 N–H and O–H groups in total. The van der Waals surface area contributed by atoms with Gasteiger partial charge in [-0.3, -0.25) is 4.40 Å². The number of rotatable bonds is 2. The molecular weight excluding hydrogens is 428 g/mol. The Morgan fingerprint density at radius 3 is 2.67 bits per heavy atom. The Kier molecular flexibility index (Phi) is 3.77. The SMILES string of the molecule is COc1ccc2nc(I)c(CC(F)(F)F)n2c1Br. The molecule has 0 amide bonds. The predicted octanol–water partition coefficient (Wildman–Crippen LogP) is 3.81. The molecule has 18 heavy (non-hydrogen) atoms. The molecule has 2 rings (SSSR count). The van der Waals surface area contributed by atoms with Crippen molar-refractivity contribution in [2.24, 2.45) is 0 Å². The second-order valence-corrected chi connectivity index (χ2v) is 5.30. The molecular formula is C10H7BrF3IN2O. The fraction of sp³-hybridized carbons (Fsp3) is 0.300. The minimum Gasteiger partial charge on any atom is -0.494 e. The van der Waals surface area contributed by atoms with E-state index in [1.165, 1.54) is 11.5 Å². The van der Waals surface area contributed by atoms with Gasteiger partial charge >= 0.3 is 6.18 Å². The van der Waals surface area contributed by atoms with E-state index in [9.17, 15) is 13.2 Å². The first-order chi connectivity index (χ1) is 8.33. The summed E-state index contributed by atoms with van der Waals surface area (Å²) in [5.74, 6) is 0.458. The minimum atomic E-state index is -4.28. The molecule has 0 aromatic carbocycles. The lowest BCUT2D eigenvalue weighted by molar-refractivity contribution is -0.128. The van der Waals surface area contributed by atoms with Crippen molar-refractivity contribution >= 4 is 44.2 Å². The van der Waals surface area contributed by atoms with E-state index in [0.29, 0.717) is 19.7 Å². The largest absolute Gasteiger partial charge is 0.494 e. The number of halogens is 5. The lowest BCUT2D eigenvalue weighted by Gasteiger charge is -2.10. The fourth-order valence-corrected chi connectivity index (χ4v) is 2.97. The molecule has 98 valence electrons. The van der Waals surface area contributed by atoms with Gasteiger partial charge in [0.05, 0.1) is 19.2 Å². The summed E-state index contributed by atoms with van der Waals surface area (Å²) >= 11 is 5.04. The van der Waals surface area contributed by atoms with Gasteiger partial charge in [-0.2, -0.15) is 13.2 Å². The molecule has 0 aliphatic heterocycles. The fourth-order valence-electron chi connectivity index (χ4n) is 1.60. The quantitative estimate of drug-likeness (QED) is 0.530. The van der Waals surface area contributed by atoms with Gasteiger partial charge in [-0.1, -0.05) is 0 Å². The summed E-state index contributed by atoms with van der Waals surface area (Å²) in [5, 5.41) is 0. The van der Waals surface area contributed by atoms with Crippen LogP contribution in [0.25, 0.3) is 5.65 Å². The predicted molar refractivity (Wildman–Crippen MR) is 71.9 cm³/mol. The van der Waals surface area contributed by atoms with Gasteiger partial charge in [0.15, 0.2) is 0 Å². The average molecular weight is 435 g/mol. The zero-order valence-corrected chi connectivity index (χ0v) is 12.8. The van der Waals surface area contributed by atoms with Crippen molar-refractivity contribution in [1.82, 2.24) is 9.38 Å². The zero-order chi connectivity index (χ0) is 13.5. The highest BCUT2D eigenvalue weighted by Crippen LogP contribution is 2.31. The number of alkyl halides is 3. The van der Waals surface area contributed by atoms with E-state index >= 15 is 0 Å². The van der Waals surface area contributed by atoms with E-state index in [4.69, 9.17) is 4.74 Å². The van der Waals surface area contributed by atoms with Crippen molar-refractivity contribution in [3.8, 4) is 5.75 Å². The van der Waals surface area contributed by atoms with Gasteiger partial charge in [-0.05, 0) is 50.7 Å². The van der Waals surface area contributed by atoms with Crippen LogP contribution in [0.5, 0.6) is 5.75 Å². The first-order valence-electron chi connectivity index (χ1n) is 4.79. The normalized spacial score (nSPS) is 12.1. The van der Waals surface area contributed by atoms with Gasteiger partial charge in [-0.15, -0.1) is 0 Å². The molecule has 0 aliphatic carbocycles. The third-order valence-corrected chi connectivity index (χ3v) is 3.93. The smallest absolute Gasteiger partial charge is 0.394 e. The van der Waals surface area contributed by atoms with Gasteiger partial charge < -0.3 is 4.74 Å². The number of fused-ring (bicyclic) bond motifs is 1.